The molecule has 1 rings (SSSR count). The minimum absolute atomic E-state index is 0.0200. The normalized spacial score (nSPS) is 18.3. The van der Waals surface area contributed by atoms with Gasteiger partial charge in [-0.25, -0.2) is 0 Å². The highest BCUT2D eigenvalue weighted by Gasteiger charge is 2.27. The molecule has 1 aliphatic rings. The number of carbonyl (C=O) groups excluding carboxylic acids is 1. The van der Waals surface area contributed by atoms with Gasteiger partial charge in [-0.05, 0) is 5.92 Å². The molecule has 0 radical (unpaired) electrons. The Morgan fingerprint density at radius 3 is 2.40 bits per heavy atom. The Morgan fingerprint density at radius 1 is 1.47 bits per heavy atom. The van der Waals surface area contributed by atoms with Gasteiger partial charge in [0, 0.05) is 19.6 Å². The van der Waals surface area contributed by atoms with Gasteiger partial charge in [0.2, 0.25) is 5.91 Å². The molecular formula is C10H18N2O3. The molecule has 1 heterocycles. The van der Waals surface area contributed by atoms with Crippen LogP contribution in [0.3, 0.4) is 0 Å². The fraction of sp³-hybridized carbons (Fsp3) is 0.800. The number of carboxylic acids is 1. The lowest BCUT2D eigenvalue weighted by molar-refractivity contribution is -0.143. The predicted octanol–water partition coefficient (Wildman–Crippen LogP) is -0.321. The molecule has 15 heavy (non-hydrogen) atoms. The third-order valence-electron chi connectivity index (χ3n) is 2.77. The SMILES string of the molecule is CC(C)C(CNC(=O)C1CNC1)C(=O)O. The molecule has 5 heteroatoms. The summed E-state index contributed by atoms with van der Waals surface area (Å²) in [4.78, 5) is 22.3. The first-order chi connectivity index (χ1) is 7.02. The van der Waals surface area contributed by atoms with Gasteiger partial charge in [-0.2, -0.15) is 0 Å². The number of hydrogen-bond donors (Lipinski definition) is 3. The van der Waals surface area contributed by atoms with E-state index in [9.17, 15) is 9.59 Å². The van der Waals surface area contributed by atoms with Crippen LogP contribution >= 0.6 is 0 Å². The quantitative estimate of drug-likeness (QED) is 0.586. The predicted molar refractivity (Wildman–Crippen MR) is 55.3 cm³/mol. The Labute approximate surface area is 89.2 Å². The molecule has 0 aromatic heterocycles. The molecule has 0 aromatic carbocycles. The molecule has 3 N–H and O–H groups in total. The van der Waals surface area contributed by atoms with E-state index >= 15 is 0 Å². The van der Waals surface area contributed by atoms with E-state index in [1.807, 2.05) is 13.8 Å². The van der Waals surface area contributed by atoms with Crippen LogP contribution in [0.2, 0.25) is 0 Å². The summed E-state index contributed by atoms with van der Waals surface area (Å²) in [6, 6.07) is 0. The van der Waals surface area contributed by atoms with Crippen molar-refractivity contribution < 1.29 is 14.7 Å². The number of carbonyl (C=O) groups is 2. The first-order valence-electron chi connectivity index (χ1n) is 5.23. The summed E-state index contributed by atoms with van der Waals surface area (Å²) in [6.45, 7) is 5.31. The lowest BCUT2D eigenvalue weighted by atomic mass is 9.95. The summed E-state index contributed by atoms with van der Waals surface area (Å²) in [5.74, 6) is -1.34. The average molecular weight is 214 g/mol. The van der Waals surface area contributed by atoms with Crippen LogP contribution in [-0.2, 0) is 9.59 Å². The van der Waals surface area contributed by atoms with Gasteiger partial charge in [-0.1, -0.05) is 13.8 Å². The highest BCUT2D eigenvalue weighted by molar-refractivity contribution is 5.80. The van der Waals surface area contributed by atoms with Gasteiger partial charge >= 0.3 is 5.97 Å². The molecule has 1 amide bonds. The van der Waals surface area contributed by atoms with Crippen LogP contribution in [0.4, 0.5) is 0 Å². The van der Waals surface area contributed by atoms with Gasteiger partial charge in [0.05, 0.1) is 11.8 Å². The summed E-state index contributed by atoms with van der Waals surface area (Å²) in [7, 11) is 0. The Kier molecular flexibility index (Phi) is 4.08. The maximum Gasteiger partial charge on any atom is 0.308 e. The summed E-state index contributed by atoms with van der Waals surface area (Å²) in [5.41, 5.74) is 0. The second-order valence-corrected chi connectivity index (χ2v) is 4.29. The van der Waals surface area contributed by atoms with E-state index in [1.54, 1.807) is 0 Å². The number of carboxylic acid groups (broad SMARTS) is 1. The number of rotatable bonds is 5. The summed E-state index contributed by atoms with van der Waals surface area (Å²) in [6.07, 6.45) is 0. The zero-order valence-electron chi connectivity index (χ0n) is 9.12. The second-order valence-electron chi connectivity index (χ2n) is 4.29. The largest absolute Gasteiger partial charge is 0.481 e. The van der Waals surface area contributed by atoms with E-state index in [-0.39, 0.29) is 24.3 Å². The monoisotopic (exact) mass is 214 g/mol. The van der Waals surface area contributed by atoms with E-state index in [4.69, 9.17) is 5.11 Å². The molecular weight excluding hydrogens is 196 g/mol. The van der Waals surface area contributed by atoms with Crippen molar-refractivity contribution >= 4 is 11.9 Å². The third kappa shape index (κ3) is 3.20. The van der Waals surface area contributed by atoms with Crippen molar-refractivity contribution in [2.24, 2.45) is 17.8 Å². The first kappa shape index (κ1) is 12.0. The van der Waals surface area contributed by atoms with Crippen molar-refractivity contribution in [3.8, 4) is 0 Å². The zero-order chi connectivity index (χ0) is 11.4. The van der Waals surface area contributed by atoms with E-state index in [0.29, 0.717) is 13.1 Å². The molecule has 1 fully saturated rings. The fourth-order valence-corrected chi connectivity index (χ4v) is 1.44. The lowest BCUT2D eigenvalue weighted by Gasteiger charge is -2.26. The smallest absolute Gasteiger partial charge is 0.308 e. The zero-order valence-corrected chi connectivity index (χ0v) is 9.12. The van der Waals surface area contributed by atoms with E-state index in [2.05, 4.69) is 10.6 Å². The van der Waals surface area contributed by atoms with E-state index in [0.717, 1.165) is 0 Å². The van der Waals surface area contributed by atoms with Crippen molar-refractivity contribution in [2.75, 3.05) is 19.6 Å². The number of hydrogen-bond acceptors (Lipinski definition) is 3. The Balaban J connectivity index is 2.32. The molecule has 5 nitrogen and oxygen atoms in total. The number of aliphatic carboxylic acids is 1. The van der Waals surface area contributed by atoms with Crippen molar-refractivity contribution in [3.05, 3.63) is 0 Å². The molecule has 0 aromatic rings. The number of nitrogens with one attached hydrogen (secondary N) is 2. The summed E-state index contributed by atoms with van der Waals surface area (Å²) < 4.78 is 0. The molecule has 0 bridgehead atoms. The van der Waals surface area contributed by atoms with Crippen molar-refractivity contribution in [3.63, 3.8) is 0 Å². The lowest BCUT2D eigenvalue weighted by Crippen LogP contribution is -2.51. The maximum atomic E-state index is 11.4. The van der Waals surface area contributed by atoms with Gasteiger partial charge in [-0.15, -0.1) is 0 Å². The second kappa shape index (κ2) is 5.11. The standard InChI is InChI=1S/C10H18N2O3/c1-6(2)8(10(14)15)5-12-9(13)7-3-11-4-7/h6-8,11H,3-5H2,1-2H3,(H,12,13)(H,14,15). The van der Waals surface area contributed by atoms with Crippen LogP contribution in [0.1, 0.15) is 13.8 Å². The molecule has 1 atom stereocenters. The number of amides is 1. The highest BCUT2D eigenvalue weighted by atomic mass is 16.4. The van der Waals surface area contributed by atoms with Gasteiger partial charge in [0.15, 0.2) is 0 Å². The van der Waals surface area contributed by atoms with Crippen molar-refractivity contribution in [1.82, 2.24) is 10.6 Å². The topological polar surface area (TPSA) is 78.4 Å². The molecule has 86 valence electrons. The molecule has 0 spiro atoms. The van der Waals surface area contributed by atoms with Crippen LogP contribution in [0.15, 0.2) is 0 Å². The first-order valence-corrected chi connectivity index (χ1v) is 5.23. The molecule has 0 aliphatic carbocycles. The van der Waals surface area contributed by atoms with Crippen LogP contribution in [0.25, 0.3) is 0 Å². The Morgan fingerprint density at radius 2 is 2.07 bits per heavy atom. The van der Waals surface area contributed by atoms with Crippen LogP contribution in [-0.4, -0.2) is 36.6 Å². The van der Waals surface area contributed by atoms with Gasteiger partial charge in [0.25, 0.3) is 0 Å². The highest BCUT2D eigenvalue weighted by Crippen LogP contribution is 2.10. The van der Waals surface area contributed by atoms with Crippen molar-refractivity contribution in [2.45, 2.75) is 13.8 Å². The fourth-order valence-electron chi connectivity index (χ4n) is 1.44. The molecule has 1 aliphatic heterocycles. The minimum atomic E-state index is -0.850. The van der Waals surface area contributed by atoms with Crippen LogP contribution < -0.4 is 10.6 Å². The summed E-state index contributed by atoms with van der Waals surface area (Å²) >= 11 is 0. The Hall–Kier alpha value is -1.10. The Bertz CT molecular complexity index is 249. The summed E-state index contributed by atoms with van der Waals surface area (Å²) in [5, 5.41) is 14.6. The third-order valence-corrected chi connectivity index (χ3v) is 2.77. The average Bonchev–Trinajstić information content (AvgIpc) is 1.99. The van der Waals surface area contributed by atoms with E-state index < -0.39 is 11.9 Å². The van der Waals surface area contributed by atoms with Gasteiger partial charge in [0.1, 0.15) is 0 Å². The van der Waals surface area contributed by atoms with Gasteiger partial charge in [-0.3, -0.25) is 9.59 Å². The molecule has 1 saturated heterocycles. The van der Waals surface area contributed by atoms with Crippen LogP contribution in [0, 0.1) is 17.8 Å². The minimum Gasteiger partial charge on any atom is -0.481 e. The van der Waals surface area contributed by atoms with E-state index in [1.165, 1.54) is 0 Å². The molecule has 0 saturated carbocycles. The molecule has 1 unspecified atom stereocenters. The van der Waals surface area contributed by atoms with Crippen molar-refractivity contribution in [1.29, 1.82) is 0 Å². The van der Waals surface area contributed by atoms with Gasteiger partial charge < -0.3 is 15.7 Å². The maximum absolute atomic E-state index is 11.4. The van der Waals surface area contributed by atoms with Crippen LogP contribution in [0.5, 0.6) is 0 Å².